The Morgan fingerprint density at radius 2 is 1.85 bits per heavy atom. The first kappa shape index (κ1) is 17.9. The first-order chi connectivity index (χ1) is 12.3. The largest absolute Gasteiger partial charge is 0.435 e. The van der Waals surface area contributed by atoms with E-state index in [2.05, 4.69) is 4.74 Å². The lowest BCUT2D eigenvalue weighted by atomic mass is 9.97. The Kier molecular flexibility index (Phi) is 4.53. The van der Waals surface area contributed by atoms with Gasteiger partial charge in [0.05, 0.1) is 11.0 Å². The summed E-state index contributed by atoms with van der Waals surface area (Å²) in [4.78, 5) is 0.362. The van der Waals surface area contributed by atoms with Gasteiger partial charge >= 0.3 is 6.61 Å². The molecular formula is C18H21F2NO4S. The van der Waals surface area contributed by atoms with Crippen LogP contribution in [0, 0.1) is 0 Å². The normalized spacial score (nSPS) is 28.8. The van der Waals surface area contributed by atoms with E-state index in [0.29, 0.717) is 30.6 Å². The molecule has 5 nitrogen and oxygen atoms in total. The highest BCUT2D eigenvalue weighted by molar-refractivity contribution is 7.93. The van der Waals surface area contributed by atoms with Crippen LogP contribution in [-0.4, -0.2) is 42.6 Å². The summed E-state index contributed by atoms with van der Waals surface area (Å²) in [5.74, 6) is 0.0847. The summed E-state index contributed by atoms with van der Waals surface area (Å²) in [6.07, 6.45) is 4.59. The van der Waals surface area contributed by atoms with Crippen LogP contribution in [0.5, 0.6) is 5.75 Å². The predicted octanol–water partition coefficient (Wildman–Crippen LogP) is 2.89. The number of aliphatic hydroxyl groups is 1. The topological polar surface area (TPSA) is 66.8 Å². The Bertz CT molecular complexity index is 826. The smallest absolute Gasteiger partial charge is 0.387 e. The molecule has 1 aliphatic carbocycles. The Morgan fingerprint density at radius 1 is 1.15 bits per heavy atom. The van der Waals surface area contributed by atoms with Crippen molar-refractivity contribution in [2.45, 2.75) is 63.3 Å². The number of allylic oxidation sites excluding steroid dienone is 1. The zero-order valence-corrected chi connectivity index (χ0v) is 15.0. The van der Waals surface area contributed by atoms with Crippen molar-refractivity contribution in [3.63, 3.8) is 0 Å². The van der Waals surface area contributed by atoms with Gasteiger partial charge in [0.15, 0.2) is 0 Å². The fraction of sp³-hybridized carbons (Fsp3) is 0.556. The van der Waals surface area contributed by atoms with E-state index in [-0.39, 0.29) is 17.8 Å². The first-order valence-corrected chi connectivity index (χ1v) is 10.3. The van der Waals surface area contributed by atoms with Crippen molar-refractivity contribution in [1.82, 2.24) is 4.31 Å². The highest BCUT2D eigenvalue weighted by Gasteiger charge is 2.47. The number of piperidine rings is 1. The van der Waals surface area contributed by atoms with Gasteiger partial charge in [0.2, 0.25) is 10.0 Å². The molecule has 0 spiro atoms. The minimum atomic E-state index is -3.58. The van der Waals surface area contributed by atoms with Crippen molar-refractivity contribution in [2.24, 2.45) is 0 Å². The molecule has 1 aromatic carbocycles. The van der Waals surface area contributed by atoms with Gasteiger partial charge in [-0.15, -0.1) is 0 Å². The molecule has 1 aromatic rings. The Hall–Kier alpha value is -1.51. The Labute approximate surface area is 151 Å². The number of aryl methyl sites for hydroxylation is 1. The second kappa shape index (κ2) is 6.58. The molecule has 26 heavy (non-hydrogen) atoms. The van der Waals surface area contributed by atoms with Gasteiger partial charge in [0.1, 0.15) is 5.75 Å². The number of benzene rings is 1. The zero-order chi connectivity index (χ0) is 18.5. The lowest BCUT2D eigenvalue weighted by molar-refractivity contribution is -0.0498. The van der Waals surface area contributed by atoms with E-state index in [1.165, 1.54) is 6.07 Å². The van der Waals surface area contributed by atoms with Crippen molar-refractivity contribution >= 4 is 16.1 Å². The van der Waals surface area contributed by atoms with Crippen molar-refractivity contribution in [1.29, 1.82) is 0 Å². The maximum Gasteiger partial charge on any atom is 0.387 e. The Morgan fingerprint density at radius 3 is 2.50 bits per heavy atom. The predicted molar refractivity (Wildman–Crippen MR) is 92.2 cm³/mol. The molecule has 2 saturated heterocycles. The molecule has 3 aliphatic rings. The zero-order valence-electron chi connectivity index (χ0n) is 14.1. The van der Waals surface area contributed by atoms with Crippen molar-refractivity contribution < 1.29 is 27.0 Å². The monoisotopic (exact) mass is 385 g/mol. The fourth-order valence-electron chi connectivity index (χ4n) is 4.46. The summed E-state index contributed by atoms with van der Waals surface area (Å²) >= 11 is 0. The number of alkyl halides is 2. The van der Waals surface area contributed by atoms with Crippen molar-refractivity contribution in [3.05, 3.63) is 34.2 Å². The van der Waals surface area contributed by atoms with Gasteiger partial charge in [-0.2, -0.15) is 13.1 Å². The molecular weight excluding hydrogens is 364 g/mol. The van der Waals surface area contributed by atoms with Crippen LogP contribution in [0.2, 0.25) is 0 Å². The van der Waals surface area contributed by atoms with Crippen LogP contribution in [0.3, 0.4) is 0 Å². The van der Waals surface area contributed by atoms with E-state index < -0.39 is 22.7 Å². The van der Waals surface area contributed by atoms with Crippen LogP contribution in [0.4, 0.5) is 8.78 Å². The fourth-order valence-corrected chi connectivity index (χ4v) is 6.53. The first-order valence-electron chi connectivity index (χ1n) is 8.84. The molecule has 0 radical (unpaired) electrons. The van der Waals surface area contributed by atoms with Crippen LogP contribution in [0.1, 0.15) is 43.2 Å². The van der Waals surface area contributed by atoms with E-state index in [4.69, 9.17) is 0 Å². The molecule has 2 bridgehead atoms. The number of nitrogens with zero attached hydrogens (tertiary/aromatic N) is 1. The molecule has 2 atom stereocenters. The van der Waals surface area contributed by atoms with Gasteiger partial charge in [0.25, 0.3) is 0 Å². The van der Waals surface area contributed by atoms with E-state index in [1.54, 1.807) is 22.5 Å². The van der Waals surface area contributed by atoms with Gasteiger partial charge in [0, 0.05) is 12.1 Å². The average molecular weight is 385 g/mol. The number of rotatable bonds is 4. The molecule has 2 fully saturated rings. The van der Waals surface area contributed by atoms with E-state index in [0.717, 1.165) is 24.0 Å². The van der Waals surface area contributed by atoms with Gasteiger partial charge in [-0.25, -0.2) is 8.42 Å². The van der Waals surface area contributed by atoms with E-state index in [9.17, 15) is 22.3 Å². The molecule has 0 aromatic heterocycles. The van der Waals surface area contributed by atoms with Crippen molar-refractivity contribution in [2.75, 3.05) is 0 Å². The maximum absolute atomic E-state index is 13.2. The quantitative estimate of drug-likeness (QED) is 0.866. The highest BCUT2D eigenvalue weighted by Crippen LogP contribution is 2.41. The molecule has 142 valence electrons. The minimum absolute atomic E-state index is 0.0847. The molecule has 8 heteroatoms. The molecule has 2 heterocycles. The average Bonchev–Trinajstić information content (AvgIpc) is 2.86. The molecule has 0 saturated carbocycles. The van der Waals surface area contributed by atoms with E-state index >= 15 is 0 Å². The summed E-state index contributed by atoms with van der Waals surface area (Å²) in [7, 11) is -3.58. The second-order valence-electron chi connectivity index (χ2n) is 7.19. The number of sulfonamides is 1. The van der Waals surface area contributed by atoms with Crippen LogP contribution < -0.4 is 4.74 Å². The molecule has 0 unspecified atom stereocenters. The van der Waals surface area contributed by atoms with Crippen LogP contribution >= 0.6 is 0 Å². The third-order valence-electron chi connectivity index (χ3n) is 5.55. The second-order valence-corrected chi connectivity index (χ2v) is 9.09. The summed E-state index contributed by atoms with van der Waals surface area (Å²) in [6, 6.07) is 4.34. The number of fused-ring (bicyclic) bond motifs is 3. The van der Waals surface area contributed by atoms with Gasteiger partial charge in [-0.3, -0.25) is 0 Å². The van der Waals surface area contributed by atoms with Crippen LogP contribution in [-0.2, 0) is 16.4 Å². The van der Waals surface area contributed by atoms with Gasteiger partial charge < -0.3 is 9.84 Å². The van der Waals surface area contributed by atoms with Crippen LogP contribution in [0.25, 0.3) is 6.08 Å². The van der Waals surface area contributed by atoms with Crippen molar-refractivity contribution in [3.8, 4) is 5.75 Å². The Balaban J connectivity index is 1.62. The molecule has 0 amide bonds. The van der Waals surface area contributed by atoms with Gasteiger partial charge in [-0.05, 0) is 67.9 Å². The summed E-state index contributed by atoms with van der Waals surface area (Å²) < 4.78 is 57.1. The summed E-state index contributed by atoms with van der Waals surface area (Å²) in [5, 5.41) is 9.90. The summed E-state index contributed by atoms with van der Waals surface area (Å²) in [5.41, 5.74) is 1.53. The summed E-state index contributed by atoms with van der Waals surface area (Å²) in [6.45, 7) is -2.88. The lowest BCUT2D eigenvalue weighted by Gasteiger charge is -2.37. The number of hydrogen-bond acceptors (Lipinski definition) is 4. The highest BCUT2D eigenvalue weighted by atomic mass is 32.2. The van der Waals surface area contributed by atoms with E-state index in [1.807, 2.05) is 0 Å². The third-order valence-corrected chi connectivity index (χ3v) is 7.68. The minimum Gasteiger partial charge on any atom is -0.435 e. The standard InChI is InChI=1S/C18H21F2NO4S/c19-18(20)25-16-5-1-12-8-17(6-2-11(12)7-16)26(23,24)21-13-3-4-14(21)10-15(22)9-13/h1,5,7-8,13-15,18,22H,2-4,6,9-10H2/t13-,14-/m0/s1. The number of halogens is 2. The number of ether oxygens (including phenoxy) is 1. The van der Waals surface area contributed by atoms with Crippen LogP contribution in [0.15, 0.2) is 23.1 Å². The lowest BCUT2D eigenvalue weighted by Crippen LogP contribution is -2.48. The molecule has 4 rings (SSSR count). The third kappa shape index (κ3) is 3.14. The number of aliphatic hydroxyl groups excluding tert-OH is 1. The molecule has 1 N–H and O–H groups in total. The number of hydrogen-bond donors (Lipinski definition) is 1. The molecule has 2 aliphatic heterocycles. The SMILES string of the molecule is O=S(=O)(C1=Cc2ccc(OC(F)F)cc2CC1)N1[C@H]2CC[C@H]1CC(O)C2. The van der Waals surface area contributed by atoms with Gasteiger partial charge in [-0.1, -0.05) is 6.07 Å². The maximum atomic E-state index is 13.2.